The van der Waals surface area contributed by atoms with Gasteiger partial charge in [-0.15, -0.1) is 0 Å². The SMILES string of the molecule is Cc1cccc(N2C=CC(C)C2=O)c1CO. The minimum Gasteiger partial charge on any atom is -0.392 e. The van der Waals surface area contributed by atoms with Gasteiger partial charge in [-0.1, -0.05) is 18.2 Å². The molecule has 1 N–H and O–H groups in total. The second kappa shape index (κ2) is 4.10. The summed E-state index contributed by atoms with van der Waals surface area (Å²) in [6.07, 6.45) is 3.65. The van der Waals surface area contributed by atoms with E-state index in [1.54, 1.807) is 11.1 Å². The topological polar surface area (TPSA) is 40.5 Å². The van der Waals surface area contributed by atoms with E-state index in [-0.39, 0.29) is 18.4 Å². The van der Waals surface area contributed by atoms with Gasteiger partial charge in [-0.25, -0.2) is 0 Å². The average molecular weight is 217 g/mol. The Labute approximate surface area is 95.0 Å². The molecule has 0 fully saturated rings. The lowest BCUT2D eigenvalue weighted by atomic mass is 10.1. The molecule has 0 saturated heterocycles. The number of aliphatic hydroxyl groups is 1. The van der Waals surface area contributed by atoms with Gasteiger partial charge in [0.2, 0.25) is 5.91 Å². The van der Waals surface area contributed by atoms with Crippen molar-refractivity contribution in [3.63, 3.8) is 0 Å². The fraction of sp³-hybridized carbons (Fsp3) is 0.308. The van der Waals surface area contributed by atoms with Crippen LogP contribution in [0.1, 0.15) is 18.1 Å². The first-order valence-corrected chi connectivity index (χ1v) is 5.36. The number of amides is 1. The number of hydrogen-bond acceptors (Lipinski definition) is 2. The Kier molecular flexibility index (Phi) is 2.79. The summed E-state index contributed by atoms with van der Waals surface area (Å²) in [6, 6.07) is 5.69. The van der Waals surface area contributed by atoms with E-state index in [4.69, 9.17) is 0 Å². The standard InChI is InChI=1S/C13H15NO2/c1-9-4-3-5-12(11(9)8-15)14-7-6-10(2)13(14)16/h3-7,10,15H,8H2,1-2H3. The number of carbonyl (C=O) groups excluding carboxylic acids is 1. The first-order chi connectivity index (χ1) is 7.65. The molecule has 3 nitrogen and oxygen atoms in total. The molecule has 16 heavy (non-hydrogen) atoms. The molecule has 1 amide bonds. The quantitative estimate of drug-likeness (QED) is 0.823. The third-order valence-electron chi connectivity index (χ3n) is 2.95. The summed E-state index contributed by atoms with van der Waals surface area (Å²) in [5.41, 5.74) is 2.60. The molecule has 84 valence electrons. The van der Waals surface area contributed by atoms with E-state index in [1.807, 2.05) is 38.1 Å². The number of rotatable bonds is 2. The maximum Gasteiger partial charge on any atom is 0.237 e. The number of carbonyl (C=O) groups is 1. The van der Waals surface area contributed by atoms with Crippen LogP contribution in [0, 0.1) is 12.8 Å². The highest BCUT2D eigenvalue weighted by molar-refractivity contribution is 6.00. The zero-order valence-corrected chi connectivity index (χ0v) is 9.47. The number of anilines is 1. The van der Waals surface area contributed by atoms with Crippen LogP contribution in [-0.2, 0) is 11.4 Å². The smallest absolute Gasteiger partial charge is 0.237 e. The lowest BCUT2D eigenvalue weighted by molar-refractivity contribution is -0.119. The largest absolute Gasteiger partial charge is 0.392 e. The third-order valence-corrected chi connectivity index (χ3v) is 2.95. The zero-order chi connectivity index (χ0) is 11.7. The fourth-order valence-corrected chi connectivity index (χ4v) is 1.91. The van der Waals surface area contributed by atoms with Crippen molar-refractivity contribution in [3.8, 4) is 0 Å². The molecule has 0 bridgehead atoms. The van der Waals surface area contributed by atoms with Gasteiger partial charge in [0.1, 0.15) is 0 Å². The minimum atomic E-state index is -0.0768. The summed E-state index contributed by atoms with van der Waals surface area (Å²) in [5, 5.41) is 9.35. The van der Waals surface area contributed by atoms with Crippen molar-refractivity contribution in [2.75, 3.05) is 4.90 Å². The minimum absolute atomic E-state index is 0.0476. The van der Waals surface area contributed by atoms with Crippen molar-refractivity contribution in [2.45, 2.75) is 20.5 Å². The van der Waals surface area contributed by atoms with Gasteiger partial charge in [-0.3, -0.25) is 9.69 Å². The molecule has 0 aromatic heterocycles. The Morgan fingerprint density at radius 3 is 2.75 bits per heavy atom. The highest BCUT2D eigenvalue weighted by Crippen LogP contribution is 2.28. The second-order valence-electron chi connectivity index (χ2n) is 4.07. The van der Waals surface area contributed by atoms with Gasteiger partial charge in [0, 0.05) is 11.8 Å². The van der Waals surface area contributed by atoms with Crippen LogP contribution in [-0.4, -0.2) is 11.0 Å². The number of aryl methyl sites for hydroxylation is 1. The van der Waals surface area contributed by atoms with Crippen LogP contribution in [0.25, 0.3) is 0 Å². The highest BCUT2D eigenvalue weighted by Gasteiger charge is 2.25. The number of aliphatic hydroxyl groups excluding tert-OH is 1. The summed E-state index contributed by atoms with van der Waals surface area (Å²) >= 11 is 0. The van der Waals surface area contributed by atoms with Crippen LogP contribution in [0.15, 0.2) is 30.5 Å². The Balaban J connectivity index is 2.45. The average Bonchev–Trinajstić information content (AvgIpc) is 2.59. The van der Waals surface area contributed by atoms with E-state index in [1.165, 1.54) is 0 Å². The molecule has 0 spiro atoms. The summed E-state index contributed by atoms with van der Waals surface area (Å²) in [7, 11) is 0. The van der Waals surface area contributed by atoms with Crippen molar-refractivity contribution in [1.29, 1.82) is 0 Å². The van der Waals surface area contributed by atoms with Crippen LogP contribution < -0.4 is 4.90 Å². The molecule has 1 aliphatic heterocycles. The molecule has 2 rings (SSSR count). The summed E-state index contributed by atoms with van der Waals surface area (Å²) < 4.78 is 0. The number of benzene rings is 1. The molecule has 1 aliphatic rings. The normalized spacial score (nSPS) is 19.6. The molecule has 1 heterocycles. The lowest BCUT2D eigenvalue weighted by Crippen LogP contribution is -2.25. The summed E-state index contributed by atoms with van der Waals surface area (Å²) in [6.45, 7) is 3.75. The van der Waals surface area contributed by atoms with Gasteiger partial charge in [-0.2, -0.15) is 0 Å². The van der Waals surface area contributed by atoms with E-state index in [9.17, 15) is 9.90 Å². The predicted octanol–water partition coefficient (Wildman–Crippen LogP) is 1.98. The molecule has 0 aliphatic carbocycles. The van der Waals surface area contributed by atoms with Crippen LogP contribution in [0.4, 0.5) is 5.69 Å². The van der Waals surface area contributed by atoms with Crippen LogP contribution in [0.2, 0.25) is 0 Å². The maximum atomic E-state index is 11.9. The van der Waals surface area contributed by atoms with Crippen molar-refractivity contribution in [2.24, 2.45) is 5.92 Å². The maximum absolute atomic E-state index is 11.9. The van der Waals surface area contributed by atoms with Crippen molar-refractivity contribution >= 4 is 11.6 Å². The molecular formula is C13H15NO2. The van der Waals surface area contributed by atoms with Gasteiger partial charge < -0.3 is 5.11 Å². The first-order valence-electron chi connectivity index (χ1n) is 5.36. The van der Waals surface area contributed by atoms with E-state index in [0.717, 1.165) is 16.8 Å². The van der Waals surface area contributed by atoms with Gasteiger partial charge >= 0.3 is 0 Å². The molecule has 1 aromatic rings. The highest BCUT2D eigenvalue weighted by atomic mass is 16.3. The van der Waals surface area contributed by atoms with Crippen LogP contribution in [0.3, 0.4) is 0 Å². The number of hydrogen-bond donors (Lipinski definition) is 1. The van der Waals surface area contributed by atoms with Crippen molar-refractivity contribution < 1.29 is 9.90 Å². The molecule has 3 heteroatoms. The van der Waals surface area contributed by atoms with E-state index in [2.05, 4.69) is 0 Å². The van der Waals surface area contributed by atoms with Gasteiger partial charge in [0.05, 0.1) is 18.2 Å². The Morgan fingerprint density at radius 1 is 1.44 bits per heavy atom. The molecule has 0 radical (unpaired) electrons. The Morgan fingerprint density at radius 2 is 2.19 bits per heavy atom. The molecular weight excluding hydrogens is 202 g/mol. The third kappa shape index (κ3) is 1.63. The van der Waals surface area contributed by atoms with Gasteiger partial charge in [-0.05, 0) is 25.5 Å². The fourth-order valence-electron chi connectivity index (χ4n) is 1.91. The van der Waals surface area contributed by atoms with Crippen LogP contribution in [0.5, 0.6) is 0 Å². The molecule has 1 atom stereocenters. The predicted molar refractivity (Wildman–Crippen MR) is 62.9 cm³/mol. The van der Waals surface area contributed by atoms with E-state index in [0.29, 0.717) is 0 Å². The lowest BCUT2D eigenvalue weighted by Gasteiger charge is -2.19. The van der Waals surface area contributed by atoms with Crippen molar-refractivity contribution in [1.82, 2.24) is 0 Å². The van der Waals surface area contributed by atoms with Gasteiger partial charge in [0.15, 0.2) is 0 Å². The summed E-state index contributed by atoms with van der Waals surface area (Å²) in [5.74, 6) is -0.0210. The Hall–Kier alpha value is -1.61. The van der Waals surface area contributed by atoms with E-state index < -0.39 is 0 Å². The molecule has 1 aromatic carbocycles. The second-order valence-corrected chi connectivity index (χ2v) is 4.07. The van der Waals surface area contributed by atoms with Crippen molar-refractivity contribution in [3.05, 3.63) is 41.6 Å². The first kappa shape index (κ1) is 10.9. The molecule has 1 unspecified atom stereocenters. The zero-order valence-electron chi connectivity index (χ0n) is 9.47. The monoisotopic (exact) mass is 217 g/mol. The van der Waals surface area contributed by atoms with Crippen LogP contribution >= 0.6 is 0 Å². The Bertz CT molecular complexity index is 451. The van der Waals surface area contributed by atoms with Gasteiger partial charge in [0.25, 0.3) is 0 Å². The summed E-state index contributed by atoms with van der Waals surface area (Å²) in [4.78, 5) is 13.5. The molecule has 0 saturated carbocycles. The number of nitrogens with zero attached hydrogens (tertiary/aromatic N) is 1. The van der Waals surface area contributed by atoms with E-state index >= 15 is 0 Å².